The second-order valence-electron chi connectivity index (χ2n) is 6.95. The van der Waals surface area contributed by atoms with Crippen LogP contribution in [0.1, 0.15) is 23.3 Å². The van der Waals surface area contributed by atoms with E-state index in [0.717, 1.165) is 28.5 Å². The number of hydrogen-bond acceptors (Lipinski definition) is 5. The third kappa shape index (κ3) is 3.00. The molecule has 0 N–H and O–H groups in total. The predicted molar refractivity (Wildman–Crippen MR) is 108 cm³/mol. The largest absolute Gasteiger partial charge is 0.365 e. The van der Waals surface area contributed by atoms with Crippen molar-refractivity contribution in [1.29, 1.82) is 0 Å². The molecule has 8 heteroatoms. The van der Waals surface area contributed by atoms with Gasteiger partial charge in [-0.25, -0.2) is 4.98 Å². The number of thiazole rings is 1. The third-order valence-electron chi connectivity index (χ3n) is 5.01. The molecule has 5 rings (SSSR count). The summed E-state index contributed by atoms with van der Waals surface area (Å²) in [6.45, 7) is 1.48. The van der Waals surface area contributed by atoms with Crippen LogP contribution in [0.3, 0.4) is 0 Å². The molecule has 6 nitrogen and oxygen atoms in total. The number of aryl methyl sites for hydroxylation is 1. The van der Waals surface area contributed by atoms with Gasteiger partial charge >= 0.3 is 0 Å². The summed E-state index contributed by atoms with van der Waals surface area (Å²) in [7, 11) is 1.86. The summed E-state index contributed by atoms with van der Waals surface area (Å²) in [6, 6.07) is 6.40. The van der Waals surface area contributed by atoms with Crippen molar-refractivity contribution in [1.82, 2.24) is 14.8 Å². The molecule has 1 saturated carbocycles. The topological polar surface area (TPSA) is 54.3 Å². The van der Waals surface area contributed by atoms with Gasteiger partial charge in [-0.15, -0.1) is 11.3 Å². The summed E-state index contributed by atoms with van der Waals surface area (Å²) >= 11 is 7.70. The van der Waals surface area contributed by atoms with Crippen LogP contribution in [0.2, 0.25) is 5.02 Å². The van der Waals surface area contributed by atoms with Gasteiger partial charge in [0.1, 0.15) is 10.7 Å². The number of anilines is 2. The number of rotatable bonds is 3. The standard InChI is InChI=1S/C19H18ClN5OS/c1-23-10-12(9-21-23)18-22-15(11-27-18)19(26)25-7-6-24(14-3-4-14)16-5-2-13(20)8-17(16)25/h2,5,8-11,14H,3-4,6-7H2,1H3. The van der Waals surface area contributed by atoms with Crippen LogP contribution in [0.25, 0.3) is 10.6 Å². The van der Waals surface area contributed by atoms with E-state index in [2.05, 4.69) is 15.0 Å². The van der Waals surface area contributed by atoms with Gasteiger partial charge in [-0.3, -0.25) is 9.48 Å². The molecule has 1 amide bonds. The maximum absolute atomic E-state index is 13.2. The Kier molecular flexibility index (Phi) is 3.94. The number of amides is 1. The zero-order valence-corrected chi connectivity index (χ0v) is 16.4. The summed E-state index contributed by atoms with van der Waals surface area (Å²) in [5, 5.41) is 7.43. The number of carbonyl (C=O) groups excluding carboxylic acids is 1. The highest BCUT2D eigenvalue weighted by molar-refractivity contribution is 7.13. The summed E-state index contributed by atoms with van der Waals surface area (Å²) in [5.41, 5.74) is 3.35. The Labute approximate surface area is 166 Å². The van der Waals surface area contributed by atoms with E-state index < -0.39 is 0 Å². The van der Waals surface area contributed by atoms with Crippen molar-refractivity contribution in [2.45, 2.75) is 18.9 Å². The van der Waals surface area contributed by atoms with E-state index in [1.54, 1.807) is 10.9 Å². The van der Waals surface area contributed by atoms with Crippen LogP contribution >= 0.6 is 22.9 Å². The van der Waals surface area contributed by atoms with Crippen LogP contribution in [0, 0.1) is 0 Å². The molecule has 0 atom stereocenters. The average Bonchev–Trinajstić information content (AvgIpc) is 3.22. The first-order chi connectivity index (χ1) is 13.1. The minimum absolute atomic E-state index is 0.0830. The van der Waals surface area contributed by atoms with Crippen LogP contribution in [-0.2, 0) is 7.05 Å². The molecular weight excluding hydrogens is 382 g/mol. The lowest BCUT2D eigenvalue weighted by Crippen LogP contribution is -2.45. The molecule has 0 unspecified atom stereocenters. The van der Waals surface area contributed by atoms with Crippen molar-refractivity contribution in [3.05, 3.63) is 46.7 Å². The van der Waals surface area contributed by atoms with Gasteiger partial charge in [0.05, 0.1) is 17.6 Å². The van der Waals surface area contributed by atoms with Crippen LogP contribution in [0.5, 0.6) is 0 Å². The Bertz CT molecular complexity index is 1020. The molecule has 1 aliphatic heterocycles. The molecule has 2 aliphatic rings. The Balaban J connectivity index is 1.47. The highest BCUT2D eigenvalue weighted by Crippen LogP contribution is 2.41. The fourth-order valence-electron chi connectivity index (χ4n) is 3.56. The number of nitrogens with zero attached hydrogens (tertiary/aromatic N) is 5. The summed E-state index contributed by atoms with van der Waals surface area (Å²) in [4.78, 5) is 22.0. The molecule has 138 valence electrons. The van der Waals surface area contributed by atoms with Gasteiger partial charge in [0.25, 0.3) is 5.91 Å². The van der Waals surface area contributed by atoms with E-state index in [9.17, 15) is 4.79 Å². The molecule has 0 spiro atoms. The van der Waals surface area contributed by atoms with Gasteiger partial charge in [-0.2, -0.15) is 5.10 Å². The zero-order valence-electron chi connectivity index (χ0n) is 14.8. The van der Waals surface area contributed by atoms with Crippen LogP contribution in [-0.4, -0.2) is 39.8 Å². The van der Waals surface area contributed by atoms with Crippen molar-refractivity contribution >= 4 is 40.2 Å². The van der Waals surface area contributed by atoms with E-state index in [1.807, 2.05) is 41.7 Å². The van der Waals surface area contributed by atoms with Crippen molar-refractivity contribution in [2.24, 2.45) is 7.05 Å². The zero-order chi connectivity index (χ0) is 18.5. The molecule has 3 heterocycles. The van der Waals surface area contributed by atoms with Gasteiger partial charge in [0, 0.05) is 48.3 Å². The highest BCUT2D eigenvalue weighted by Gasteiger charge is 2.36. The molecule has 2 aromatic heterocycles. The van der Waals surface area contributed by atoms with Crippen molar-refractivity contribution in [2.75, 3.05) is 22.9 Å². The SMILES string of the molecule is Cn1cc(-c2nc(C(=O)N3CCN(C4CC4)c4ccc(Cl)cc43)cs2)cn1. The van der Waals surface area contributed by atoms with Crippen molar-refractivity contribution in [3.8, 4) is 10.6 Å². The molecule has 27 heavy (non-hydrogen) atoms. The minimum Gasteiger partial charge on any atom is -0.365 e. The lowest BCUT2D eigenvalue weighted by molar-refractivity contribution is 0.0982. The number of carbonyl (C=O) groups is 1. The summed E-state index contributed by atoms with van der Waals surface area (Å²) < 4.78 is 1.73. The molecular formula is C19H18ClN5OS. The smallest absolute Gasteiger partial charge is 0.277 e. The Morgan fingerprint density at radius 2 is 2.11 bits per heavy atom. The van der Waals surface area contributed by atoms with E-state index in [1.165, 1.54) is 24.2 Å². The van der Waals surface area contributed by atoms with Gasteiger partial charge < -0.3 is 9.80 Å². The first-order valence-electron chi connectivity index (χ1n) is 8.93. The number of hydrogen-bond donors (Lipinski definition) is 0. The van der Waals surface area contributed by atoms with Crippen LogP contribution in [0.4, 0.5) is 11.4 Å². The summed E-state index contributed by atoms with van der Waals surface area (Å²) in [6.07, 6.45) is 6.10. The maximum atomic E-state index is 13.2. The van der Waals surface area contributed by atoms with Gasteiger partial charge in [0.15, 0.2) is 0 Å². The molecule has 0 bridgehead atoms. The summed E-state index contributed by atoms with van der Waals surface area (Å²) in [5.74, 6) is -0.0830. The lowest BCUT2D eigenvalue weighted by atomic mass is 10.1. The van der Waals surface area contributed by atoms with Gasteiger partial charge in [-0.1, -0.05) is 11.6 Å². The van der Waals surface area contributed by atoms with Crippen LogP contribution < -0.4 is 9.80 Å². The normalized spacial score (nSPS) is 16.5. The highest BCUT2D eigenvalue weighted by atomic mass is 35.5. The molecule has 1 aromatic carbocycles. The fourth-order valence-corrected chi connectivity index (χ4v) is 4.49. The van der Waals surface area contributed by atoms with Crippen molar-refractivity contribution < 1.29 is 4.79 Å². The van der Waals surface area contributed by atoms with Gasteiger partial charge in [0.2, 0.25) is 0 Å². The quantitative estimate of drug-likeness (QED) is 0.671. The first kappa shape index (κ1) is 16.8. The third-order valence-corrected chi connectivity index (χ3v) is 6.14. The Morgan fingerprint density at radius 1 is 1.26 bits per heavy atom. The van der Waals surface area contributed by atoms with Crippen LogP contribution in [0.15, 0.2) is 36.0 Å². The van der Waals surface area contributed by atoms with E-state index in [4.69, 9.17) is 11.6 Å². The number of halogens is 1. The fraction of sp³-hybridized carbons (Fsp3) is 0.316. The molecule has 1 fully saturated rings. The predicted octanol–water partition coefficient (Wildman–Crippen LogP) is 3.83. The molecule has 3 aromatic rings. The molecule has 1 aliphatic carbocycles. The molecule has 0 saturated heterocycles. The minimum atomic E-state index is -0.0830. The second kappa shape index (κ2) is 6.35. The first-order valence-corrected chi connectivity index (χ1v) is 10.2. The lowest BCUT2D eigenvalue weighted by Gasteiger charge is -2.37. The van der Waals surface area contributed by atoms with Crippen molar-refractivity contribution in [3.63, 3.8) is 0 Å². The molecule has 0 radical (unpaired) electrons. The Morgan fingerprint density at radius 3 is 2.85 bits per heavy atom. The number of benzene rings is 1. The van der Waals surface area contributed by atoms with E-state index in [0.29, 0.717) is 23.3 Å². The average molecular weight is 400 g/mol. The second-order valence-corrected chi connectivity index (χ2v) is 8.25. The van der Waals surface area contributed by atoms with E-state index in [-0.39, 0.29) is 5.91 Å². The number of aromatic nitrogens is 3. The number of fused-ring (bicyclic) bond motifs is 1. The van der Waals surface area contributed by atoms with Gasteiger partial charge in [-0.05, 0) is 31.0 Å². The monoisotopic (exact) mass is 399 g/mol. The maximum Gasteiger partial charge on any atom is 0.277 e. The Hall–Kier alpha value is -2.38. The van der Waals surface area contributed by atoms with E-state index >= 15 is 0 Å².